The van der Waals surface area contributed by atoms with E-state index < -0.39 is 0 Å². The molecule has 56 valence electrons. The van der Waals surface area contributed by atoms with Gasteiger partial charge in [0.15, 0.2) is 0 Å². The molecule has 1 N–H and O–H groups in total. The SMILES string of the molecule is Bc1cnc(O)cc1C1CC1. The zero-order valence-electron chi connectivity index (χ0n) is 6.54. The summed E-state index contributed by atoms with van der Waals surface area (Å²) in [5.41, 5.74) is 2.47. The maximum atomic E-state index is 9.10. The van der Waals surface area contributed by atoms with Gasteiger partial charge >= 0.3 is 0 Å². The van der Waals surface area contributed by atoms with Gasteiger partial charge in [0.1, 0.15) is 7.85 Å². The van der Waals surface area contributed by atoms with Crippen LogP contribution in [0.1, 0.15) is 24.3 Å². The molecule has 0 atom stereocenters. The molecule has 2 rings (SSSR count). The van der Waals surface area contributed by atoms with Crippen molar-refractivity contribution < 1.29 is 5.11 Å². The summed E-state index contributed by atoms with van der Waals surface area (Å²) >= 11 is 0. The minimum absolute atomic E-state index is 0.150. The van der Waals surface area contributed by atoms with Crippen molar-refractivity contribution in [3.8, 4) is 5.88 Å². The van der Waals surface area contributed by atoms with E-state index in [0.29, 0.717) is 5.92 Å². The zero-order valence-corrected chi connectivity index (χ0v) is 6.54. The molecule has 3 heteroatoms. The monoisotopic (exact) mass is 147 g/mol. The van der Waals surface area contributed by atoms with E-state index in [4.69, 9.17) is 5.11 Å². The largest absolute Gasteiger partial charge is 0.493 e. The van der Waals surface area contributed by atoms with Crippen LogP contribution in [0.2, 0.25) is 0 Å². The van der Waals surface area contributed by atoms with E-state index >= 15 is 0 Å². The van der Waals surface area contributed by atoms with E-state index in [1.165, 1.54) is 23.9 Å². The highest BCUT2D eigenvalue weighted by molar-refractivity contribution is 6.33. The average molecular weight is 147 g/mol. The highest BCUT2D eigenvalue weighted by Gasteiger charge is 2.25. The third kappa shape index (κ3) is 1.23. The molecule has 0 saturated heterocycles. The number of hydrogen-bond donors (Lipinski definition) is 1. The summed E-state index contributed by atoms with van der Waals surface area (Å²) in [7, 11) is 2.04. The molecule has 1 saturated carbocycles. The maximum absolute atomic E-state index is 9.10. The molecule has 0 unspecified atom stereocenters. The number of pyridine rings is 1. The second-order valence-electron chi connectivity index (χ2n) is 3.17. The smallest absolute Gasteiger partial charge is 0.210 e. The van der Waals surface area contributed by atoms with E-state index in [9.17, 15) is 0 Å². The van der Waals surface area contributed by atoms with Crippen LogP contribution in [0.4, 0.5) is 0 Å². The van der Waals surface area contributed by atoms with Gasteiger partial charge in [0, 0.05) is 12.3 Å². The predicted molar refractivity (Wildman–Crippen MR) is 46.1 cm³/mol. The van der Waals surface area contributed by atoms with Gasteiger partial charge in [0.05, 0.1) is 0 Å². The first kappa shape index (κ1) is 6.71. The average Bonchev–Trinajstić information content (AvgIpc) is 2.76. The Labute approximate surface area is 66.7 Å². The van der Waals surface area contributed by atoms with Gasteiger partial charge in [-0.15, -0.1) is 0 Å². The fourth-order valence-electron chi connectivity index (χ4n) is 1.36. The minimum atomic E-state index is 0.150. The Morgan fingerprint density at radius 2 is 2.27 bits per heavy atom. The predicted octanol–water partition coefficient (Wildman–Crippen LogP) is -0.0770. The summed E-state index contributed by atoms with van der Waals surface area (Å²) in [6.07, 6.45) is 4.28. The van der Waals surface area contributed by atoms with Crippen molar-refractivity contribution in [2.45, 2.75) is 18.8 Å². The topological polar surface area (TPSA) is 33.1 Å². The molecule has 0 radical (unpaired) electrons. The van der Waals surface area contributed by atoms with Crippen molar-refractivity contribution >= 4 is 13.3 Å². The quantitative estimate of drug-likeness (QED) is 0.563. The minimum Gasteiger partial charge on any atom is -0.493 e. The molecule has 0 bridgehead atoms. The van der Waals surface area contributed by atoms with Crippen molar-refractivity contribution in [1.82, 2.24) is 4.98 Å². The Morgan fingerprint density at radius 1 is 1.55 bits per heavy atom. The Kier molecular flexibility index (Phi) is 1.38. The van der Waals surface area contributed by atoms with Crippen LogP contribution in [0, 0.1) is 0 Å². The molecule has 0 amide bonds. The Bertz CT molecular complexity index is 283. The molecule has 2 nitrogen and oxygen atoms in total. The van der Waals surface area contributed by atoms with Gasteiger partial charge in [0.25, 0.3) is 0 Å². The third-order valence-corrected chi connectivity index (χ3v) is 2.15. The zero-order chi connectivity index (χ0) is 7.84. The molecule has 0 spiro atoms. The van der Waals surface area contributed by atoms with Gasteiger partial charge in [-0.1, -0.05) is 5.46 Å². The number of rotatable bonds is 1. The molecular formula is C8H10BNO. The van der Waals surface area contributed by atoms with Crippen LogP contribution in [-0.2, 0) is 0 Å². The van der Waals surface area contributed by atoms with Gasteiger partial charge in [-0.2, -0.15) is 0 Å². The second-order valence-corrected chi connectivity index (χ2v) is 3.17. The van der Waals surface area contributed by atoms with Gasteiger partial charge in [0.2, 0.25) is 5.88 Å². The molecule has 1 aliphatic rings. The summed E-state index contributed by atoms with van der Waals surface area (Å²) in [4.78, 5) is 3.81. The van der Waals surface area contributed by atoms with Crippen molar-refractivity contribution in [3.63, 3.8) is 0 Å². The van der Waals surface area contributed by atoms with Crippen LogP contribution in [-0.4, -0.2) is 17.9 Å². The Balaban J connectivity index is 2.42. The van der Waals surface area contributed by atoms with Gasteiger partial charge in [-0.05, 0) is 24.3 Å². The molecule has 0 aromatic carbocycles. The number of hydrogen-bond acceptors (Lipinski definition) is 2. The lowest BCUT2D eigenvalue weighted by Gasteiger charge is -2.02. The summed E-state index contributed by atoms with van der Waals surface area (Å²) in [6.45, 7) is 0. The van der Waals surface area contributed by atoms with Gasteiger partial charge in [-0.3, -0.25) is 0 Å². The first-order valence-electron chi connectivity index (χ1n) is 3.93. The summed E-state index contributed by atoms with van der Waals surface area (Å²) in [5.74, 6) is 0.849. The Hall–Kier alpha value is -0.985. The van der Waals surface area contributed by atoms with Crippen LogP contribution in [0.5, 0.6) is 5.88 Å². The molecule has 11 heavy (non-hydrogen) atoms. The van der Waals surface area contributed by atoms with Crippen molar-refractivity contribution in [3.05, 3.63) is 17.8 Å². The summed E-state index contributed by atoms with van der Waals surface area (Å²) in [6, 6.07) is 1.78. The molecule has 0 aliphatic heterocycles. The molecule has 1 fully saturated rings. The van der Waals surface area contributed by atoms with E-state index in [1.54, 1.807) is 12.3 Å². The summed E-state index contributed by atoms with van der Waals surface area (Å²) in [5, 5.41) is 9.10. The molecule has 1 aromatic heterocycles. The lowest BCUT2D eigenvalue weighted by molar-refractivity contribution is 0.453. The standard InChI is InChI=1S/C8H10BNO/c9-7-4-10-8(11)3-6(7)5-1-2-5/h3-5H,1-2,9H2,(H,10,11). The lowest BCUT2D eigenvalue weighted by Crippen LogP contribution is -2.09. The van der Waals surface area contributed by atoms with Crippen molar-refractivity contribution in [2.75, 3.05) is 0 Å². The molecule has 1 heterocycles. The molecule has 1 aliphatic carbocycles. The first-order chi connectivity index (χ1) is 5.27. The van der Waals surface area contributed by atoms with E-state index in [-0.39, 0.29) is 5.88 Å². The fourth-order valence-corrected chi connectivity index (χ4v) is 1.36. The second kappa shape index (κ2) is 2.26. The fraction of sp³-hybridized carbons (Fsp3) is 0.375. The van der Waals surface area contributed by atoms with Gasteiger partial charge < -0.3 is 5.11 Å². The molecular weight excluding hydrogens is 137 g/mol. The maximum Gasteiger partial charge on any atom is 0.210 e. The van der Waals surface area contributed by atoms with Crippen LogP contribution in [0.3, 0.4) is 0 Å². The molecule has 1 aromatic rings. The Morgan fingerprint density at radius 3 is 2.91 bits per heavy atom. The van der Waals surface area contributed by atoms with Crippen LogP contribution >= 0.6 is 0 Å². The van der Waals surface area contributed by atoms with E-state index in [0.717, 1.165) is 0 Å². The van der Waals surface area contributed by atoms with Crippen molar-refractivity contribution in [2.24, 2.45) is 0 Å². The number of aromatic nitrogens is 1. The third-order valence-electron chi connectivity index (χ3n) is 2.15. The normalized spacial score (nSPS) is 16.7. The number of aromatic hydroxyl groups is 1. The van der Waals surface area contributed by atoms with Crippen LogP contribution in [0.25, 0.3) is 0 Å². The van der Waals surface area contributed by atoms with E-state index in [1.807, 2.05) is 7.85 Å². The summed E-state index contributed by atoms with van der Waals surface area (Å²) < 4.78 is 0. The van der Waals surface area contributed by atoms with E-state index in [2.05, 4.69) is 4.98 Å². The highest BCUT2D eigenvalue weighted by Crippen LogP contribution is 2.39. The lowest BCUT2D eigenvalue weighted by atomic mass is 9.90. The van der Waals surface area contributed by atoms with Crippen molar-refractivity contribution in [1.29, 1.82) is 0 Å². The highest BCUT2D eigenvalue weighted by atomic mass is 16.3. The first-order valence-corrected chi connectivity index (χ1v) is 3.93. The van der Waals surface area contributed by atoms with Crippen LogP contribution in [0.15, 0.2) is 12.3 Å². The van der Waals surface area contributed by atoms with Crippen LogP contribution < -0.4 is 5.46 Å². The number of nitrogens with zero attached hydrogens (tertiary/aromatic N) is 1. The van der Waals surface area contributed by atoms with Gasteiger partial charge in [-0.25, -0.2) is 4.98 Å².